The molecule has 134 valence electrons. The summed E-state index contributed by atoms with van der Waals surface area (Å²) in [5.41, 5.74) is 1.07. The molecule has 0 bridgehead atoms. The molecule has 1 saturated carbocycles. The Hall–Kier alpha value is -1.33. The van der Waals surface area contributed by atoms with Gasteiger partial charge in [0.05, 0.1) is 20.2 Å². The van der Waals surface area contributed by atoms with Crippen LogP contribution in [0.2, 0.25) is 15.1 Å². The number of rotatable bonds is 3. The molecule has 0 saturated heterocycles. The third-order valence-electron chi connectivity index (χ3n) is 4.96. The van der Waals surface area contributed by atoms with E-state index in [-0.39, 0.29) is 5.91 Å². The molecule has 26 heavy (non-hydrogen) atoms. The number of thiazole rings is 1. The summed E-state index contributed by atoms with van der Waals surface area (Å²) >= 11 is 19.8. The summed E-state index contributed by atoms with van der Waals surface area (Å²) in [6, 6.07) is 11.0. The lowest BCUT2D eigenvalue weighted by Crippen LogP contribution is -2.37. The van der Waals surface area contributed by atoms with Crippen LogP contribution >= 0.6 is 46.1 Å². The number of hydrogen-bond acceptors (Lipinski definition) is 3. The summed E-state index contributed by atoms with van der Waals surface area (Å²) in [5.74, 6) is -0.0383. The Morgan fingerprint density at radius 2 is 1.65 bits per heavy atom. The predicted octanol–water partition coefficient (Wildman–Crippen LogP) is 6.71. The van der Waals surface area contributed by atoms with E-state index in [0.717, 1.165) is 35.9 Å². The van der Waals surface area contributed by atoms with Crippen molar-refractivity contribution in [3.05, 3.63) is 57.0 Å². The number of nitrogens with one attached hydrogen (secondary N) is 1. The molecule has 1 amide bonds. The van der Waals surface area contributed by atoms with Crippen molar-refractivity contribution in [1.29, 1.82) is 0 Å². The zero-order valence-corrected chi connectivity index (χ0v) is 16.8. The highest BCUT2D eigenvalue weighted by Gasteiger charge is 2.43. The number of carbonyl (C=O) groups excluding carboxylic acids is 1. The topological polar surface area (TPSA) is 42.0 Å². The van der Waals surface area contributed by atoms with Gasteiger partial charge in [-0.25, -0.2) is 4.98 Å². The zero-order chi connectivity index (χ0) is 18.3. The average Bonchev–Trinajstić information content (AvgIpc) is 3.27. The highest BCUT2D eigenvalue weighted by atomic mass is 35.5. The molecule has 1 heterocycles. The highest BCUT2D eigenvalue weighted by molar-refractivity contribution is 7.23. The lowest BCUT2D eigenvalue weighted by Gasteiger charge is -2.27. The minimum absolute atomic E-state index is 0.0383. The quantitative estimate of drug-likeness (QED) is 0.507. The molecule has 0 spiro atoms. The molecule has 0 atom stereocenters. The van der Waals surface area contributed by atoms with E-state index in [1.807, 2.05) is 24.3 Å². The van der Waals surface area contributed by atoms with Crippen LogP contribution in [0.1, 0.15) is 31.2 Å². The van der Waals surface area contributed by atoms with Crippen LogP contribution < -0.4 is 5.32 Å². The van der Waals surface area contributed by atoms with Crippen LogP contribution in [-0.4, -0.2) is 10.9 Å². The van der Waals surface area contributed by atoms with Crippen LogP contribution in [0.25, 0.3) is 10.2 Å². The lowest BCUT2D eigenvalue weighted by molar-refractivity contribution is -0.121. The molecule has 1 aromatic heterocycles. The van der Waals surface area contributed by atoms with Gasteiger partial charge in [-0.2, -0.15) is 0 Å². The van der Waals surface area contributed by atoms with Crippen LogP contribution in [0.5, 0.6) is 0 Å². The van der Waals surface area contributed by atoms with E-state index < -0.39 is 5.41 Å². The minimum atomic E-state index is -0.546. The number of hydrogen-bond donors (Lipinski definition) is 1. The smallest absolute Gasteiger partial charge is 0.236 e. The largest absolute Gasteiger partial charge is 0.301 e. The van der Waals surface area contributed by atoms with Gasteiger partial charge in [0.15, 0.2) is 5.13 Å². The first-order valence-corrected chi connectivity index (χ1v) is 10.3. The van der Waals surface area contributed by atoms with Crippen LogP contribution in [0.15, 0.2) is 36.4 Å². The highest BCUT2D eigenvalue weighted by Crippen LogP contribution is 2.43. The van der Waals surface area contributed by atoms with Gasteiger partial charge in [0.1, 0.15) is 5.52 Å². The summed E-state index contributed by atoms with van der Waals surface area (Å²) in [5, 5.41) is 5.28. The monoisotopic (exact) mass is 424 g/mol. The van der Waals surface area contributed by atoms with Crippen LogP contribution in [0, 0.1) is 0 Å². The first-order chi connectivity index (χ1) is 12.5. The fourth-order valence-corrected chi connectivity index (χ4v) is 5.15. The second-order valence-electron chi connectivity index (χ2n) is 6.48. The van der Waals surface area contributed by atoms with Crippen molar-refractivity contribution in [3.63, 3.8) is 0 Å². The standard InChI is InChI=1S/C19H15Cl3N2OS/c20-12-5-3-11(4-6-12)19(9-1-2-10-19)17(25)24-18-23-15-13(21)7-8-14(22)16(15)26-18/h3-8H,1-2,9-10H2,(H,23,24,25). The number of fused-ring (bicyclic) bond motifs is 1. The number of halogens is 3. The maximum Gasteiger partial charge on any atom is 0.236 e. The van der Waals surface area contributed by atoms with E-state index >= 15 is 0 Å². The number of anilines is 1. The molecule has 4 rings (SSSR count). The molecule has 3 nitrogen and oxygen atoms in total. The first kappa shape index (κ1) is 18.1. The summed E-state index contributed by atoms with van der Waals surface area (Å²) in [6.07, 6.45) is 3.67. The Balaban J connectivity index is 1.68. The van der Waals surface area contributed by atoms with E-state index in [9.17, 15) is 4.79 Å². The van der Waals surface area contributed by atoms with E-state index in [2.05, 4.69) is 10.3 Å². The lowest BCUT2D eigenvalue weighted by atomic mass is 9.78. The van der Waals surface area contributed by atoms with Gasteiger partial charge < -0.3 is 5.32 Å². The van der Waals surface area contributed by atoms with E-state index in [4.69, 9.17) is 34.8 Å². The van der Waals surface area contributed by atoms with Gasteiger partial charge in [0.2, 0.25) is 5.91 Å². The number of nitrogens with zero attached hydrogens (tertiary/aromatic N) is 1. The van der Waals surface area contributed by atoms with Crippen molar-refractivity contribution in [2.75, 3.05) is 5.32 Å². The Labute approximate surface area is 170 Å². The molecule has 1 aliphatic carbocycles. The van der Waals surface area contributed by atoms with Gasteiger partial charge in [-0.1, -0.05) is 71.1 Å². The minimum Gasteiger partial charge on any atom is -0.301 e. The Morgan fingerprint density at radius 1 is 1.00 bits per heavy atom. The van der Waals surface area contributed by atoms with Gasteiger partial charge in [0.25, 0.3) is 0 Å². The Morgan fingerprint density at radius 3 is 2.31 bits per heavy atom. The van der Waals surface area contributed by atoms with Crippen LogP contribution in [0.4, 0.5) is 5.13 Å². The van der Waals surface area contributed by atoms with Crippen molar-refractivity contribution >= 4 is 67.4 Å². The molecular formula is C19H15Cl3N2OS. The fraction of sp³-hybridized carbons (Fsp3) is 0.263. The second kappa shape index (κ2) is 7.01. The maximum absolute atomic E-state index is 13.2. The van der Waals surface area contributed by atoms with Gasteiger partial charge in [-0.3, -0.25) is 4.79 Å². The summed E-state index contributed by atoms with van der Waals surface area (Å²) in [4.78, 5) is 17.7. The number of benzene rings is 2. The molecule has 1 fully saturated rings. The first-order valence-electron chi connectivity index (χ1n) is 8.32. The summed E-state index contributed by atoms with van der Waals surface area (Å²) in [6.45, 7) is 0. The zero-order valence-electron chi connectivity index (χ0n) is 13.7. The maximum atomic E-state index is 13.2. The SMILES string of the molecule is O=C(Nc1nc2c(Cl)ccc(Cl)c2s1)C1(c2ccc(Cl)cc2)CCCC1. The Kier molecular flexibility index (Phi) is 4.86. The molecule has 2 aromatic carbocycles. The molecule has 1 N–H and O–H groups in total. The number of aromatic nitrogens is 1. The van der Waals surface area contributed by atoms with Crippen LogP contribution in [-0.2, 0) is 10.2 Å². The third-order valence-corrected chi connectivity index (χ3v) is 6.94. The molecule has 3 aromatic rings. The third kappa shape index (κ3) is 3.09. The van der Waals surface area contributed by atoms with Crippen molar-refractivity contribution < 1.29 is 4.79 Å². The predicted molar refractivity (Wildman–Crippen MR) is 110 cm³/mol. The summed E-state index contributed by atoms with van der Waals surface area (Å²) in [7, 11) is 0. The van der Waals surface area contributed by atoms with Crippen molar-refractivity contribution in [3.8, 4) is 0 Å². The molecular weight excluding hydrogens is 411 g/mol. The van der Waals surface area contributed by atoms with Crippen molar-refractivity contribution in [2.24, 2.45) is 0 Å². The van der Waals surface area contributed by atoms with Crippen LogP contribution in [0.3, 0.4) is 0 Å². The fourth-order valence-electron chi connectivity index (χ4n) is 3.61. The van der Waals surface area contributed by atoms with E-state index in [1.165, 1.54) is 11.3 Å². The molecule has 7 heteroatoms. The van der Waals surface area contributed by atoms with Crippen molar-refractivity contribution in [1.82, 2.24) is 4.98 Å². The van der Waals surface area contributed by atoms with Gasteiger partial charge in [0, 0.05) is 5.02 Å². The van der Waals surface area contributed by atoms with E-state index in [1.54, 1.807) is 12.1 Å². The second-order valence-corrected chi connectivity index (χ2v) is 8.73. The van der Waals surface area contributed by atoms with Gasteiger partial charge >= 0.3 is 0 Å². The molecule has 1 aliphatic rings. The van der Waals surface area contributed by atoms with Crippen molar-refractivity contribution in [2.45, 2.75) is 31.1 Å². The Bertz CT molecular complexity index is 939. The summed E-state index contributed by atoms with van der Waals surface area (Å²) < 4.78 is 0.779. The van der Waals surface area contributed by atoms with E-state index in [0.29, 0.717) is 25.7 Å². The number of amides is 1. The molecule has 0 aliphatic heterocycles. The molecule has 0 radical (unpaired) electrons. The average molecular weight is 426 g/mol. The molecule has 0 unspecified atom stereocenters. The number of carbonyl (C=O) groups is 1. The normalized spacial score (nSPS) is 16.1. The van der Waals surface area contributed by atoms with Gasteiger partial charge in [-0.05, 0) is 42.7 Å². The van der Waals surface area contributed by atoms with Gasteiger partial charge in [-0.15, -0.1) is 0 Å².